The summed E-state index contributed by atoms with van der Waals surface area (Å²) in [7, 11) is 0. The van der Waals surface area contributed by atoms with Crippen LogP contribution in [0.5, 0.6) is 5.75 Å². The fraction of sp³-hybridized carbons (Fsp3) is 0.273. The Balaban J connectivity index is 2.81. The molecule has 1 aromatic carbocycles. The molecule has 3 N–H and O–H groups in total. The van der Waals surface area contributed by atoms with Gasteiger partial charge >= 0.3 is 6.61 Å². The summed E-state index contributed by atoms with van der Waals surface area (Å²) in [6.45, 7) is 2.80. The molecule has 1 unspecified atom stereocenters. The zero-order chi connectivity index (χ0) is 12.1. The van der Waals surface area contributed by atoms with Crippen molar-refractivity contribution in [3.8, 4) is 5.75 Å². The van der Waals surface area contributed by atoms with Gasteiger partial charge < -0.3 is 4.74 Å². The molecule has 1 aromatic rings. The number of hydrazine groups is 1. The van der Waals surface area contributed by atoms with E-state index in [2.05, 4.69) is 16.7 Å². The Bertz CT molecular complexity index is 352. The van der Waals surface area contributed by atoms with Gasteiger partial charge in [-0.3, -0.25) is 5.84 Å². The summed E-state index contributed by atoms with van der Waals surface area (Å²) in [5, 5.41) is 0. The summed E-state index contributed by atoms with van der Waals surface area (Å²) in [5.74, 6) is 5.48. The van der Waals surface area contributed by atoms with Crippen molar-refractivity contribution in [2.45, 2.75) is 19.6 Å². The second-order valence-electron chi connectivity index (χ2n) is 3.39. The summed E-state index contributed by atoms with van der Waals surface area (Å²) in [6.07, 6.45) is 0. The number of alkyl halides is 2. The van der Waals surface area contributed by atoms with Gasteiger partial charge in [-0.05, 0) is 24.6 Å². The van der Waals surface area contributed by atoms with Crippen LogP contribution in [0.3, 0.4) is 0 Å². The Morgan fingerprint density at radius 1 is 1.38 bits per heavy atom. The van der Waals surface area contributed by atoms with E-state index in [0.717, 1.165) is 11.1 Å². The van der Waals surface area contributed by atoms with E-state index >= 15 is 0 Å². The Labute approximate surface area is 92.9 Å². The van der Waals surface area contributed by atoms with Gasteiger partial charge in [-0.2, -0.15) is 8.78 Å². The molecule has 16 heavy (non-hydrogen) atoms. The summed E-state index contributed by atoms with van der Waals surface area (Å²) in [5.41, 5.74) is 4.27. The Hall–Kier alpha value is -1.46. The van der Waals surface area contributed by atoms with Crippen LogP contribution in [0.15, 0.2) is 36.4 Å². The number of halogens is 2. The predicted octanol–water partition coefficient (Wildman–Crippen LogP) is 2.37. The van der Waals surface area contributed by atoms with E-state index in [9.17, 15) is 8.78 Å². The van der Waals surface area contributed by atoms with Gasteiger partial charge in [0, 0.05) is 0 Å². The molecule has 3 nitrogen and oxygen atoms in total. The highest BCUT2D eigenvalue weighted by molar-refractivity contribution is 5.32. The first-order valence-corrected chi connectivity index (χ1v) is 4.71. The van der Waals surface area contributed by atoms with E-state index in [4.69, 9.17) is 5.84 Å². The van der Waals surface area contributed by atoms with Gasteiger partial charge in [0.25, 0.3) is 0 Å². The molecule has 0 fully saturated rings. The molecule has 0 radical (unpaired) electrons. The lowest BCUT2D eigenvalue weighted by Crippen LogP contribution is -2.28. The van der Waals surface area contributed by atoms with Crippen LogP contribution in [0.25, 0.3) is 0 Å². The van der Waals surface area contributed by atoms with Crippen LogP contribution in [-0.2, 0) is 0 Å². The second-order valence-corrected chi connectivity index (χ2v) is 3.39. The highest BCUT2D eigenvalue weighted by atomic mass is 19.3. The number of ether oxygens (including phenoxy) is 1. The lowest BCUT2D eigenvalue weighted by atomic mass is 10.0. The van der Waals surface area contributed by atoms with Gasteiger partial charge in [0.1, 0.15) is 5.75 Å². The quantitative estimate of drug-likeness (QED) is 0.462. The third-order valence-corrected chi connectivity index (χ3v) is 2.10. The van der Waals surface area contributed by atoms with Crippen molar-refractivity contribution >= 4 is 0 Å². The molecule has 5 heteroatoms. The molecule has 0 aromatic heterocycles. The molecule has 0 spiro atoms. The molecular formula is C11H14F2N2O. The lowest BCUT2D eigenvalue weighted by Gasteiger charge is -2.16. The van der Waals surface area contributed by atoms with E-state index in [0.29, 0.717) is 0 Å². The van der Waals surface area contributed by atoms with Crippen LogP contribution in [-0.4, -0.2) is 6.61 Å². The minimum Gasteiger partial charge on any atom is -0.435 e. The van der Waals surface area contributed by atoms with Crippen molar-refractivity contribution in [1.82, 2.24) is 5.43 Å². The third kappa shape index (κ3) is 3.29. The van der Waals surface area contributed by atoms with Crippen molar-refractivity contribution in [2.75, 3.05) is 0 Å². The number of hydrogen-bond donors (Lipinski definition) is 2. The molecule has 0 heterocycles. The first-order chi connectivity index (χ1) is 7.54. The van der Waals surface area contributed by atoms with Gasteiger partial charge in [0.15, 0.2) is 0 Å². The lowest BCUT2D eigenvalue weighted by molar-refractivity contribution is -0.0498. The normalized spacial score (nSPS) is 12.6. The van der Waals surface area contributed by atoms with Crippen LogP contribution in [0.4, 0.5) is 8.78 Å². The number of rotatable bonds is 5. The van der Waals surface area contributed by atoms with Crippen molar-refractivity contribution in [1.29, 1.82) is 0 Å². The van der Waals surface area contributed by atoms with Crippen LogP contribution in [0.1, 0.15) is 18.5 Å². The fourth-order valence-corrected chi connectivity index (χ4v) is 1.36. The van der Waals surface area contributed by atoms with Crippen molar-refractivity contribution in [3.63, 3.8) is 0 Å². The van der Waals surface area contributed by atoms with Gasteiger partial charge in [-0.15, -0.1) is 0 Å². The molecule has 0 saturated heterocycles. The highest BCUT2D eigenvalue weighted by Gasteiger charge is 2.10. The van der Waals surface area contributed by atoms with Crippen LogP contribution >= 0.6 is 0 Å². The van der Waals surface area contributed by atoms with E-state index in [1.165, 1.54) is 12.1 Å². The molecule has 0 aliphatic carbocycles. The van der Waals surface area contributed by atoms with E-state index in [1.54, 1.807) is 12.1 Å². The fourth-order valence-electron chi connectivity index (χ4n) is 1.36. The van der Waals surface area contributed by atoms with Gasteiger partial charge in [0.05, 0.1) is 6.04 Å². The van der Waals surface area contributed by atoms with Crippen molar-refractivity contribution < 1.29 is 13.5 Å². The molecule has 1 atom stereocenters. The SMILES string of the molecule is C=C(C)C(NN)c1ccc(OC(F)F)cc1. The monoisotopic (exact) mass is 228 g/mol. The Morgan fingerprint density at radius 2 is 1.94 bits per heavy atom. The molecule has 1 rings (SSSR count). The summed E-state index contributed by atoms with van der Waals surface area (Å²) < 4.78 is 28.0. The van der Waals surface area contributed by atoms with E-state index < -0.39 is 6.61 Å². The standard InChI is InChI=1S/C11H14F2N2O/c1-7(2)10(15-14)8-3-5-9(6-4-8)16-11(12)13/h3-6,10-11,15H,1,14H2,2H3. The number of benzene rings is 1. The first kappa shape index (κ1) is 12.6. The molecule has 88 valence electrons. The minimum atomic E-state index is -2.81. The maximum absolute atomic E-state index is 11.9. The average Bonchev–Trinajstić information content (AvgIpc) is 2.20. The molecule has 0 amide bonds. The Kier molecular flexibility index (Phi) is 4.39. The minimum absolute atomic E-state index is 0.122. The van der Waals surface area contributed by atoms with Crippen molar-refractivity contribution in [2.24, 2.45) is 5.84 Å². The third-order valence-electron chi connectivity index (χ3n) is 2.10. The second kappa shape index (κ2) is 5.58. The van der Waals surface area contributed by atoms with Crippen molar-refractivity contribution in [3.05, 3.63) is 42.0 Å². The molecule has 0 saturated carbocycles. The first-order valence-electron chi connectivity index (χ1n) is 4.71. The Morgan fingerprint density at radius 3 is 2.31 bits per heavy atom. The number of nitrogens with two attached hydrogens (primary N) is 1. The van der Waals surface area contributed by atoms with E-state index in [-0.39, 0.29) is 11.8 Å². The molecular weight excluding hydrogens is 214 g/mol. The number of nitrogens with one attached hydrogen (secondary N) is 1. The predicted molar refractivity (Wildman–Crippen MR) is 58.0 cm³/mol. The smallest absolute Gasteiger partial charge is 0.387 e. The highest BCUT2D eigenvalue weighted by Crippen LogP contribution is 2.22. The topological polar surface area (TPSA) is 47.3 Å². The van der Waals surface area contributed by atoms with Gasteiger partial charge in [-0.25, -0.2) is 5.43 Å². The van der Waals surface area contributed by atoms with Crippen LogP contribution in [0, 0.1) is 0 Å². The molecule has 0 aliphatic heterocycles. The zero-order valence-corrected chi connectivity index (χ0v) is 8.91. The van der Waals surface area contributed by atoms with Gasteiger partial charge in [0.2, 0.25) is 0 Å². The zero-order valence-electron chi connectivity index (χ0n) is 8.91. The summed E-state index contributed by atoms with van der Waals surface area (Å²) in [6, 6.07) is 6.07. The van der Waals surface area contributed by atoms with Crippen LogP contribution < -0.4 is 16.0 Å². The van der Waals surface area contributed by atoms with Gasteiger partial charge in [-0.1, -0.05) is 24.3 Å². The summed E-state index contributed by atoms with van der Waals surface area (Å²) in [4.78, 5) is 0. The van der Waals surface area contributed by atoms with E-state index in [1.807, 2.05) is 6.92 Å². The van der Waals surface area contributed by atoms with Crippen LogP contribution in [0.2, 0.25) is 0 Å². The number of hydrogen-bond acceptors (Lipinski definition) is 3. The maximum Gasteiger partial charge on any atom is 0.387 e. The summed E-state index contributed by atoms with van der Waals surface area (Å²) >= 11 is 0. The molecule has 0 bridgehead atoms. The molecule has 0 aliphatic rings. The average molecular weight is 228 g/mol. The maximum atomic E-state index is 11.9. The largest absolute Gasteiger partial charge is 0.435 e.